The number of amides is 1. The first-order valence-corrected chi connectivity index (χ1v) is 29.7. The summed E-state index contributed by atoms with van der Waals surface area (Å²) in [4.78, 5) is 25.1. The lowest BCUT2D eigenvalue weighted by molar-refractivity contribution is -0.302. The maximum Gasteiger partial charge on any atom is 0.305 e. The third-order valence-electron chi connectivity index (χ3n) is 13.5. The number of rotatable bonds is 50. The Kier molecular flexibility index (Phi) is 47.8. The monoisotopic (exact) mass is 1030 g/mol. The van der Waals surface area contributed by atoms with Gasteiger partial charge >= 0.3 is 5.97 Å². The second kappa shape index (κ2) is 51.2. The van der Waals surface area contributed by atoms with Crippen molar-refractivity contribution in [2.75, 3.05) is 19.8 Å². The van der Waals surface area contributed by atoms with E-state index < -0.39 is 49.5 Å². The Hall–Kier alpha value is -2.90. The first-order valence-electron chi connectivity index (χ1n) is 29.7. The Morgan fingerprint density at radius 3 is 1.52 bits per heavy atom. The number of aliphatic hydroxyl groups is 5. The van der Waals surface area contributed by atoms with Crippen LogP contribution >= 0.6 is 0 Å². The van der Waals surface area contributed by atoms with Gasteiger partial charge in [-0.15, -0.1) is 0 Å². The quantitative estimate of drug-likeness (QED) is 0.0149. The van der Waals surface area contributed by atoms with Crippen molar-refractivity contribution < 1.29 is 49.3 Å². The van der Waals surface area contributed by atoms with Crippen LogP contribution in [0.15, 0.2) is 72.9 Å². The molecule has 11 heteroatoms. The maximum absolute atomic E-state index is 13.0. The summed E-state index contributed by atoms with van der Waals surface area (Å²) in [7, 11) is 0. The van der Waals surface area contributed by atoms with Crippen molar-refractivity contribution in [3.8, 4) is 0 Å². The van der Waals surface area contributed by atoms with Crippen molar-refractivity contribution in [3.63, 3.8) is 0 Å². The highest BCUT2D eigenvalue weighted by Gasteiger charge is 2.44. The molecule has 7 unspecified atom stereocenters. The minimum atomic E-state index is -1.58. The number of unbranched alkanes of at least 4 members (excludes halogenated alkanes) is 27. The Bertz CT molecular complexity index is 1440. The van der Waals surface area contributed by atoms with Crippen molar-refractivity contribution in [2.45, 2.75) is 288 Å². The zero-order chi connectivity index (χ0) is 53.1. The highest BCUT2D eigenvalue weighted by atomic mass is 16.7. The molecule has 6 N–H and O–H groups in total. The van der Waals surface area contributed by atoms with Gasteiger partial charge in [0.1, 0.15) is 24.4 Å². The third kappa shape index (κ3) is 41.0. The first-order chi connectivity index (χ1) is 35.7. The van der Waals surface area contributed by atoms with E-state index in [0.29, 0.717) is 19.4 Å². The van der Waals surface area contributed by atoms with E-state index in [0.717, 1.165) is 96.3 Å². The molecule has 1 saturated heterocycles. The normalized spacial score (nSPS) is 19.5. The van der Waals surface area contributed by atoms with E-state index in [2.05, 4.69) is 79.9 Å². The molecule has 0 bridgehead atoms. The van der Waals surface area contributed by atoms with Crippen LogP contribution < -0.4 is 5.32 Å². The van der Waals surface area contributed by atoms with E-state index in [1.54, 1.807) is 6.08 Å². The zero-order valence-corrected chi connectivity index (χ0v) is 46.3. The molecule has 1 amide bonds. The summed E-state index contributed by atoms with van der Waals surface area (Å²) in [6.07, 6.45) is 57.3. The van der Waals surface area contributed by atoms with E-state index >= 15 is 0 Å². The number of aliphatic hydroxyl groups excluding tert-OH is 5. The fraction of sp³-hybridized carbons (Fsp3) is 0.774. The number of ether oxygens (including phenoxy) is 3. The van der Waals surface area contributed by atoms with E-state index in [-0.39, 0.29) is 18.5 Å². The van der Waals surface area contributed by atoms with Gasteiger partial charge < -0.3 is 45.1 Å². The van der Waals surface area contributed by atoms with Crippen LogP contribution in [-0.4, -0.2) is 100 Å². The summed E-state index contributed by atoms with van der Waals surface area (Å²) in [5.74, 6) is -0.244. The second-order valence-corrected chi connectivity index (χ2v) is 20.4. The largest absolute Gasteiger partial charge is 0.466 e. The summed E-state index contributed by atoms with van der Waals surface area (Å²) in [6, 6.07) is -0.836. The van der Waals surface area contributed by atoms with Gasteiger partial charge in [0.25, 0.3) is 0 Å². The minimum Gasteiger partial charge on any atom is -0.466 e. The number of nitrogens with one attached hydrogen (secondary N) is 1. The van der Waals surface area contributed by atoms with Gasteiger partial charge in [0.15, 0.2) is 6.29 Å². The molecule has 1 aliphatic heterocycles. The van der Waals surface area contributed by atoms with Gasteiger partial charge in [-0.3, -0.25) is 9.59 Å². The van der Waals surface area contributed by atoms with Gasteiger partial charge in [0, 0.05) is 12.8 Å². The van der Waals surface area contributed by atoms with Crippen molar-refractivity contribution in [2.24, 2.45) is 0 Å². The van der Waals surface area contributed by atoms with Crippen LogP contribution in [0.4, 0.5) is 0 Å². The van der Waals surface area contributed by atoms with Crippen LogP contribution in [0.3, 0.4) is 0 Å². The number of carbonyl (C=O) groups is 2. The summed E-state index contributed by atoms with van der Waals surface area (Å²) in [5.41, 5.74) is 0. The molecule has 0 aliphatic carbocycles. The van der Waals surface area contributed by atoms with Crippen molar-refractivity contribution in [1.29, 1.82) is 0 Å². The summed E-state index contributed by atoms with van der Waals surface area (Å²) >= 11 is 0. The SMILES string of the molecule is CCCCC/C=C\C/C=C\CCCCCCCCCC(=O)OCCCCC/C=C\C=C/CCCCCCCCCCCCC(=O)NC(COC1OC(CO)C(O)C(O)C1O)C(O)/C=C/CC/C=C/CCCCC. The van der Waals surface area contributed by atoms with Crippen LogP contribution in [0.5, 0.6) is 0 Å². The molecule has 0 aromatic carbocycles. The lowest BCUT2D eigenvalue weighted by Crippen LogP contribution is -2.60. The lowest BCUT2D eigenvalue weighted by atomic mass is 9.99. The molecule has 0 spiro atoms. The molecule has 11 nitrogen and oxygen atoms in total. The number of allylic oxidation sites excluding steroid dienone is 11. The predicted molar refractivity (Wildman–Crippen MR) is 301 cm³/mol. The standard InChI is InChI=1S/C62H109NO10/c1-3-5-7-9-11-13-14-15-16-20-24-27-30-34-38-42-46-50-58(67)71-51-47-43-39-35-31-28-25-22-19-17-18-21-23-26-29-33-37-41-45-49-57(66)63-54(55(65)48-44-40-36-32-12-10-8-6-4-2)53-72-62-61(70)60(69)59(68)56(52-64)73-62/h11-13,15-16,22,25,28,31-32,44,48,54-56,59-62,64-65,68-70H,3-10,14,17-21,23-24,26-27,29-30,33-43,45-47,49-53H2,1-2H3,(H,63,66)/b13-11-,16-15-,25-22-,31-28-,32-12+,48-44+. The zero-order valence-electron chi connectivity index (χ0n) is 46.3. The molecule has 0 radical (unpaired) electrons. The van der Waals surface area contributed by atoms with Gasteiger partial charge in [0.2, 0.25) is 5.91 Å². The minimum absolute atomic E-state index is 0.0378. The molecule has 7 atom stereocenters. The topological polar surface area (TPSA) is 175 Å². The molecular formula is C62H109NO10. The molecule has 1 aliphatic rings. The van der Waals surface area contributed by atoms with Gasteiger partial charge in [-0.25, -0.2) is 0 Å². The van der Waals surface area contributed by atoms with Crippen molar-refractivity contribution in [1.82, 2.24) is 5.32 Å². The van der Waals surface area contributed by atoms with E-state index in [1.807, 2.05) is 6.08 Å². The fourth-order valence-electron chi connectivity index (χ4n) is 8.76. The van der Waals surface area contributed by atoms with Crippen LogP contribution in [0.25, 0.3) is 0 Å². The third-order valence-corrected chi connectivity index (χ3v) is 13.5. The molecule has 1 fully saturated rings. The van der Waals surface area contributed by atoms with E-state index in [9.17, 15) is 35.1 Å². The van der Waals surface area contributed by atoms with Gasteiger partial charge in [-0.05, 0) is 109 Å². The molecule has 422 valence electrons. The summed E-state index contributed by atoms with van der Waals surface area (Å²) < 4.78 is 16.6. The number of hydrogen-bond donors (Lipinski definition) is 6. The molecule has 1 heterocycles. The Labute approximate surface area is 445 Å². The molecule has 1 rings (SSSR count). The van der Waals surface area contributed by atoms with Crippen LogP contribution in [0.2, 0.25) is 0 Å². The van der Waals surface area contributed by atoms with Crippen LogP contribution in [0.1, 0.15) is 245 Å². The van der Waals surface area contributed by atoms with E-state index in [1.165, 1.54) is 122 Å². The van der Waals surface area contributed by atoms with Gasteiger partial charge in [-0.1, -0.05) is 196 Å². The van der Waals surface area contributed by atoms with Crippen LogP contribution in [0, 0.1) is 0 Å². The second-order valence-electron chi connectivity index (χ2n) is 20.4. The summed E-state index contributed by atoms with van der Waals surface area (Å²) in [5, 5.41) is 54.1. The van der Waals surface area contributed by atoms with Crippen molar-refractivity contribution >= 4 is 11.9 Å². The highest BCUT2D eigenvalue weighted by Crippen LogP contribution is 2.23. The molecular weight excluding hydrogens is 919 g/mol. The average Bonchev–Trinajstić information content (AvgIpc) is 3.39. The van der Waals surface area contributed by atoms with E-state index in [4.69, 9.17) is 14.2 Å². The van der Waals surface area contributed by atoms with Gasteiger partial charge in [-0.2, -0.15) is 0 Å². The lowest BCUT2D eigenvalue weighted by Gasteiger charge is -2.40. The number of esters is 1. The Morgan fingerprint density at radius 2 is 0.973 bits per heavy atom. The predicted octanol–water partition coefficient (Wildman–Crippen LogP) is 13.6. The smallest absolute Gasteiger partial charge is 0.305 e. The Morgan fingerprint density at radius 1 is 0.521 bits per heavy atom. The fourth-order valence-corrected chi connectivity index (χ4v) is 8.76. The molecule has 73 heavy (non-hydrogen) atoms. The molecule has 0 aromatic rings. The molecule has 0 aromatic heterocycles. The number of carbonyl (C=O) groups excluding carboxylic acids is 2. The van der Waals surface area contributed by atoms with Crippen molar-refractivity contribution in [3.05, 3.63) is 72.9 Å². The summed E-state index contributed by atoms with van der Waals surface area (Å²) in [6.45, 7) is 4.18. The Balaban J connectivity index is 2.05. The van der Waals surface area contributed by atoms with Crippen LogP contribution in [-0.2, 0) is 23.8 Å². The highest BCUT2D eigenvalue weighted by molar-refractivity contribution is 5.76. The maximum atomic E-state index is 13.0. The van der Waals surface area contributed by atoms with Gasteiger partial charge in [0.05, 0.1) is 32.0 Å². The average molecular weight is 1030 g/mol. The molecule has 0 saturated carbocycles. The first kappa shape index (κ1) is 68.1. The number of hydrogen-bond acceptors (Lipinski definition) is 10.